The Balaban J connectivity index is 2.39. The van der Waals surface area contributed by atoms with Gasteiger partial charge >= 0.3 is 6.18 Å². The molecule has 2 aromatic carbocycles. The zero-order valence-electron chi connectivity index (χ0n) is 12.4. The quantitative estimate of drug-likeness (QED) is 0.690. The molecule has 0 saturated heterocycles. The van der Waals surface area contributed by atoms with Crippen molar-refractivity contribution in [2.45, 2.75) is 6.18 Å². The van der Waals surface area contributed by atoms with Crippen LogP contribution in [0, 0.1) is 0 Å². The normalized spacial score (nSPS) is 11.2. The molecule has 0 heterocycles. The van der Waals surface area contributed by atoms with Crippen molar-refractivity contribution in [1.82, 2.24) is 0 Å². The van der Waals surface area contributed by atoms with Crippen molar-refractivity contribution in [3.8, 4) is 11.5 Å². The number of rotatable bonds is 4. The van der Waals surface area contributed by atoms with Gasteiger partial charge in [-0.2, -0.15) is 13.2 Å². The van der Waals surface area contributed by atoms with E-state index in [4.69, 9.17) is 15.2 Å². The van der Waals surface area contributed by atoms with Crippen LogP contribution in [0.5, 0.6) is 11.5 Å². The lowest BCUT2D eigenvalue weighted by Crippen LogP contribution is -2.07. The van der Waals surface area contributed by atoms with Gasteiger partial charge in [-0.25, -0.2) is 0 Å². The van der Waals surface area contributed by atoms with Crippen molar-refractivity contribution in [2.75, 3.05) is 20.0 Å². The first-order valence-electron chi connectivity index (χ1n) is 6.51. The molecule has 2 rings (SSSR count). The van der Waals surface area contributed by atoms with E-state index in [1.54, 1.807) is 0 Å². The highest BCUT2D eigenvalue weighted by Gasteiger charge is 2.30. The molecule has 0 aliphatic carbocycles. The summed E-state index contributed by atoms with van der Waals surface area (Å²) in [6.45, 7) is 0. The van der Waals surface area contributed by atoms with Crippen LogP contribution in [0.3, 0.4) is 0 Å². The summed E-state index contributed by atoms with van der Waals surface area (Å²) in [6, 6.07) is 6.78. The minimum atomic E-state index is -4.45. The second-order valence-corrected chi connectivity index (χ2v) is 4.71. The van der Waals surface area contributed by atoms with E-state index < -0.39 is 17.5 Å². The highest BCUT2D eigenvalue weighted by Crippen LogP contribution is 2.35. The maximum Gasteiger partial charge on any atom is 0.416 e. The number of hydrogen-bond acceptors (Lipinski definition) is 4. The fourth-order valence-electron chi connectivity index (χ4n) is 2.10. The summed E-state index contributed by atoms with van der Waals surface area (Å²) in [4.78, 5) is 12.4. The molecule has 0 amide bonds. The van der Waals surface area contributed by atoms with Gasteiger partial charge in [-0.15, -0.1) is 0 Å². The van der Waals surface area contributed by atoms with Crippen molar-refractivity contribution in [3.05, 3.63) is 53.1 Å². The van der Waals surface area contributed by atoms with Crippen LogP contribution >= 0.6 is 0 Å². The Morgan fingerprint density at radius 3 is 2.09 bits per heavy atom. The SMILES string of the molecule is COc1cc(C(=O)c2ccc(C(F)(F)F)cc2)cc(N)c1OC. The fraction of sp³-hybridized carbons (Fsp3) is 0.188. The number of hydrogen-bond donors (Lipinski definition) is 1. The lowest BCUT2D eigenvalue weighted by molar-refractivity contribution is -0.137. The van der Waals surface area contributed by atoms with Crippen LogP contribution in [-0.4, -0.2) is 20.0 Å². The van der Waals surface area contributed by atoms with E-state index in [0.29, 0.717) is 0 Å². The van der Waals surface area contributed by atoms with Gasteiger partial charge in [0.25, 0.3) is 0 Å². The molecule has 2 N–H and O–H groups in total. The molecule has 7 heteroatoms. The van der Waals surface area contributed by atoms with Gasteiger partial charge < -0.3 is 15.2 Å². The first kappa shape index (κ1) is 16.7. The lowest BCUT2D eigenvalue weighted by atomic mass is 10.0. The van der Waals surface area contributed by atoms with E-state index in [1.807, 2.05) is 0 Å². The molecule has 0 saturated carbocycles. The van der Waals surface area contributed by atoms with Crippen molar-refractivity contribution in [2.24, 2.45) is 0 Å². The van der Waals surface area contributed by atoms with E-state index in [1.165, 1.54) is 26.4 Å². The summed E-state index contributed by atoms with van der Waals surface area (Å²) in [6.07, 6.45) is -4.45. The van der Waals surface area contributed by atoms with Gasteiger partial charge in [-0.05, 0) is 24.3 Å². The van der Waals surface area contributed by atoms with Gasteiger partial charge in [-0.3, -0.25) is 4.79 Å². The molecule has 23 heavy (non-hydrogen) atoms. The van der Waals surface area contributed by atoms with Crippen molar-refractivity contribution >= 4 is 11.5 Å². The van der Waals surface area contributed by atoms with Crippen LogP contribution in [0.25, 0.3) is 0 Å². The molecule has 0 aliphatic rings. The number of ether oxygens (including phenoxy) is 2. The minimum Gasteiger partial charge on any atom is -0.493 e. The van der Waals surface area contributed by atoms with Gasteiger partial charge in [0.1, 0.15) is 0 Å². The molecular weight excluding hydrogens is 311 g/mol. The number of carbonyl (C=O) groups excluding carboxylic acids is 1. The summed E-state index contributed by atoms with van der Waals surface area (Å²) in [5.74, 6) is 0.0885. The molecule has 0 atom stereocenters. The van der Waals surface area contributed by atoms with Crippen LogP contribution < -0.4 is 15.2 Å². The average molecular weight is 325 g/mol. The van der Waals surface area contributed by atoms with Crippen LogP contribution in [0.2, 0.25) is 0 Å². The molecule has 0 unspecified atom stereocenters. The second kappa shape index (κ2) is 6.20. The highest BCUT2D eigenvalue weighted by atomic mass is 19.4. The van der Waals surface area contributed by atoms with E-state index >= 15 is 0 Å². The molecule has 0 radical (unpaired) electrons. The number of methoxy groups -OCH3 is 2. The number of benzene rings is 2. The first-order valence-corrected chi connectivity index (χ1v) is 6.51. The van der Waals surface area contributed by atoms with Crippen LogP contribution in [0.1, 0.15) is 21.5 Å². The topological polar surface area (TPSA) is 61.5 Å². The second-order valence-electron chi connectivity index (χ2n) is 4.71. The lowest BCUT2D eigenvalue weighted by Gasteiger charge is -2.12. The molecule has 4 nitrogen and oxygen atoms in total. The summed E-state index contributed by atoms with van der Waals surface area (Å²) in [7, 11) is 2.80. The van der Waals surface area contributed by atoms with E-state index in [2.05, 4.69) is 0 Å². The van der Waals surface area contributed by atoms with E-state index in [9.17, 15) is 18.0 Å². The third kappa shape index (κ3) is 3.39. The number of halogens is 3. The number of carbonyl (C=O) groups is 1. The zero-order chi connectivity index (χ0) is 17.2. The summed E-state index contributed by atoms with van der Waals surface area (Å²) < 4.78 is 47.8. The monoisotopic (exact) mass is 325 g/mol. The third-order valence-corrected chi connectivity index (χ3v) is 3.24. The minimum absolute atomic E-state index is 0.115. The van der Waals surface area contributed by atoms with Gasteiger partial charge in [-0.1, -0.05) is 12.1 Å². The Labute approximate surface area is 130 Å². The van der Waals surface area contributed by atoms with Gasteiger partial charge in [0, 0.05) is 11.1 Å². The molecule has 0 fully saturated rings. The summed E-state index contributed by atoms with van der Waals surface area (Å²) in [5.41, 5.74) is 5.49. The number of ketones is 1. The van der Waals surface area contributed by atoms with Crippen molar-refractivity contribution in [3.63, 3.8) is 0 Å². The predicted molar refractivity (Wildman–Crippen MR) is 78.8 cm³/mol. The Morgan fingerprint density at radius 2 is 1.61 bits per heavy atom. The Morgan fingerprint density at radius 1 is 1.00 bits per heavy atom. The maximum atomic E-state index is 12.5. The number of alkyl halides is 3. The first-order chi connectivity index (χ1) is 10.8. The van der Waals surface area contributed by atoms with Gasteiger partial charge in [0.05, 0.1) is 25.5 Å². The third-order valence-electron chi connectivity index (χ3n) is 3.24. The van der Waals surface area contributed by atoms with Crippen molar-refractivity contribution < 1.29 is 27.4 Å². The molecule has 0 spiro atoms. The fourth-order valence-corrected chi connectivity index (χ4v) is 2.10. The standard InChI is InChI=1S/C16H14F3NO3/c1-22-13-8-10(7-12(20)15(13)23-2)14(21)9-3-5-11(6-4-9)16(17,18)19/h3-8H,20H2,1-2H3. The molecule has 0 aliphatic heterocycles. The van der Waals surface area contributed by atoms with Crippen molar-refractivity contribution in [1.29, 1.82) is 0 Å². The van der Waals surface area contributed by atoms with Crippen LogP contribution in [0.15, 0.2) is 36.4 Å². The maximum absolute atomic E-state index is 12.5. The van der Waals surface area contributed by atoms with Gasteiger partial charge in [0.15, 0.2) is 17.3 Å². The van der Waals surface area contributed by atoms with E-state index in [-0.39, 0.29) is 28.3 Å². The van der Waals surface area contributed by atoms with Gasteiger partial charge in [0.2, 0.25) is 0 Å². The number of nitrogen functional groups attached to an aromatic ring is 1. The summed E-state index contributed by atoms with van der Waals surface area (Å²) >= 11 is 0. The number of anilines is 1. The van der Waals surface area contributed by atoms with E-state index in [0.717, 1.165) is 24.3 Å². The Bertz CT molecular complexity index is 725. The smallest absolute Gasteiger partial charge is 0.416 e. The molecular formula is C16H14F3NO3. The highest BCUT2D eigenvalue weighted by molar-refractivity contribution is 6.10. The number of nitrogens with two attached hydrogens (primary N) is 1. The van der Waals surface area contributed by atoms with Crippen LogP contribution in [0.4, 0.5) is 18.9 Å². The molecule has 2 aromatic rings. The molecule has 122 valence electrons. The predicted octanol–water partition coefficient (Wildman–Crippen LogP) is 3.54. The Hall–Kier alpha value is -2.70. The van der Waals surface area contributed by atoms with Crippen LogP contribution in [-0.2, 0) is 6.18 Å². The largest absolute Gasteiger partial charge is 0.493 e. The zero-order valence-corrected chi connectivity index (χ0v) is 12.4. The average Bonchev–Trinajstić information content (AvgIpc) is 2.52. The summed E-state index contributed by atoms with van der Waals surface area (Å²) in [5, 5.41) is 0. The Kier molecular flexibility index (Phi) is 4.49. The molecule has 0 bridgehead atoms. The molecule has 0 aromatic heterocycles.